The number of epoxide rings is 2. The van der Waals surface area contributed by atoms with E-state index in [9.17, 15) is 0 Å². The molecule has 2 aliphatic rings. The molecule has 2 aliphatic heterocycles. The average molecular weight is 302 g/mol. The van der Waals surface area contributed by atoms with Crippen LogP contribution in [0.1, 0.15) is 84.5 Å². The highest BCUT2D eigenvalue weighted by Crippen LogP contribution is 2.18. The van der Waals surface area contributed by atoms with E-state index in [0.29, 0.717) is 12.7 Å². The first-order valence-electron chi connectivity index (χ1n) is 9.15. The summed E-state index contributed by atoms with van der Waals surface area (Å²) < 4.78 is 9.67. The summed E-state index contributed by atoms with van der Waals surface area (Å²) in [6.07, 6.45) is 15.4. The molecule has 1 N–H and O–H groups in total. The summed E-state index contributed by atoms with van der Waals surface area (Å²) in [6, 6.07) is 0. The molecule has 0 spiro atoms. The molecule has 0 radical (unpaired) electrons. The number of ether oxygens (including phenoxy) is 2. The Kier molecular flexibility index (Phi) is 17.8. The molecule has 0 bridgehead atoms. The van der Waals surface area contributed by atoms with Crippen LogP contribution in [0.4, 0.5) is 0 Å². The molecule has 128 valence electrons. The van der Waals surface area contributed by atoms with Gasteiger partial charge < -0.3 is 14.6 Å². The van der Waals surface area contributed by atoms with Crippen molar-refractivity contribution in [1.29, 1.82) is 0 Å². The molecule has 1 atom stereocenters. The predicted octanol–water partition coefficient (Wildman–Crippen LogP) is 4.71. The van der Waals surface area contributed by atoms with Gasteiger partial charge in [-0.15, -0.1) is 0 Å². The Morgan fingerprint density at radius 1 is 0.810 bits per heavy atom. The van der Waals surface area contributed by atoms with Crippen molar-refractivity contribution >= 4 is 0 Å². The van der Waals surface area contributed by atoms with Gasteiger partial charge in [-0.3, -0.25) is 0 Å². The van der Waals surface area contributed by atoms with Gasteiger partial charge >= 0.3 is 0 Å². The maximum atomic E-state index is 8.07. The zero-order chi connectivity index (χ0) is 15.6. The molecule has 21 heavy (non-hydrogen) atoms. The summed E-state index contributed by atoms with van der Waals surface area (Å²) >= 11 is 0. The van der Waals surface area contributed by atoms with Gasteiger partial charge in [-0.2, -0.15) is 0 Å². The van der Waals surface area contributed by atoms with Gasteiger partial charge in [-0.1, -0.05) is 71.6 Å². The van der Waals surface area contributed by atoms with Crippen molar-refractivity contribution in [2.45, 2.75) is 90.6 Å². The van der Waals surface area contributed by atoms with Crippen molar-refractivity contribution in [3.63, 3.8) is 0 Å². The second-order valence-corrected chi connectivity index (χ2v) is 5.91. The van der Waals surface area contributed by atoms with Crippen LogP contribution in [0, 0.1) is 0 Å². The van der Waals surface area contributed by atoms with Gasteiger partial charge in [0.15, 0.2) is 0 Å². The number of unbranched alkanes of at least 4 members (excludes halogenated alkanes) is 8. The molecule has 0 aromatic rings. The van der Waals surface area contributed by atoms with E-state index in [1.807, 2.05) is 0 Å². The summed E-state index contributed by atoms with van der Waals surface area (Å²) in [4.78, 5) is 0. The Hall–Kier alpha value is -0.120. The van der Waals surface area contributed by atoms with Gasteiger partial charge in [-0.05, 0) is 12.8 Å². The lowest BCUT2D eigenvalue weighted by atomic mass is 10.1. The third kappa shape index (κ3) is 25.2. The topological polar surface area (TPSA) is 45.3 Å². The third-order valence-electron chi connectivity index (χ3n) is 3.50. The van der Waals surface area contributed by atoms with E-state index < -0.39 is 0 Å². The van der Waals surface area contributed by atoms with Crippen molar-refractivity contribution in [2.75, 3.05) is 26.4 Å². The Morgan fingerprint density at radius 2 is 1.29 bits per heavy atom. The lowest BCUT2D eigenvalue weighted by molar-refractivity contribution is 0.287. The average Bonchev–Trinajstić information content (AvgIpc) is 3.36. The summed E-state index contributed by atoms with van der Waals surface area (Å²) in [5, 5.41) is 8.07. The second-order valence-electron chi connectivity index (χ2n) is 5.91. The van der Waals surface area contributed by atoms with Crippen LogP contribution in [0.25, 0.3) is 0 Å². The summed E-state index contributed by atoms with van der Waals surface area (Å²) in [7, 11) is 0. The van der Waals surface area contributed by atoms with E-state index in [-0.39, 0.29) is 0 Å². The highest BCUT2D eigenvalue weighted by Gasteiger charge is 2.20. The maximum absolute atomic E-state index is 8.07. The van der Waals surface area contributed by atoms with Gasteiger partial charge in [0.05, 0.1) is 25.9 Å². The molecule has 0 aliphatic carbocycles. The molecular weight excluding hydrogens is 264 g/mol. The molecular formula is C18H38O3. The predicted molar refractivity (Wildman–Crippen MR) is 89.8 cm³/mol. The minimum absolute atomic E-state index is 0.344. The van der Waals surface area contributed by atoms with Gasteiger partial charge in [-0.25, -0.2) is 0 Å². The van der Waals surface area contributed by atoms with Crippen LogP contribution in [0.3, 0.4) is 0 Å². The molecule has 2 saturated heterocycles. The van der Waals surface area contributed by atoms with Crippen LogP contribution in [-0.2, 0) is 9.47 Å². The summed E-state index contributed by atoms with van der Waals surface area (Å²) in [5.41, 5.74) is 0. The smallest absolute Gasteiger partial charge is 0.0810 e. The zero-order valence-corrected chi connectivity index (χ0v) is 14.4. The van der Waals surface area contributed by atoms with Crippen molar-refractivity contribution in [3.05, 3.63) is 0 Å². The van der Waals surface area contributed by atoms with Gasteiger partial charge in [0.2, 0.25) is 0 Å². The molecule has 0 amide bonds. The Labute approximate surface area is 132 Å². The van der Waals surface area contributed by atoms with E-state index >= 15 is 0 Å². The van der Waals surface area contributed by atoms with Crippen LogP contribution in [-0.4, -0.2) is 37.6 Å². The van der Waals surface area contributed by atoms with Crippen molar-refractivity contribution in [2.24, 2.45) is 0 Å². The minimum atomic E-state index is 0.344. The zero-order valence-electron chi connectivity index (χ0n) is 14.4. The second kappa shape index (κ2) is 17.9. The Balaban J connectivity index is 0.000000408. The van der Waals surface area contributed by atoms with E-state index in [2.05, 4.69) is 18.6 Å². The van der Waals surface area contributed by atoms with Crippen LogP contribution in [0.2, 0.25) is 0 Å². The molecule has 3 nitrogen and oxygen atoms in total. The maximum Gasteiger partial charge on any atom is 0.0810 e. The molecule has 0 aromatic carbocycles. The molecule has 3 heteroatoms. The van der Waals surface area contributed by atoms with Crippen molar-refractivity contribution < 1.29 is 14.6 Å². The highest BCUT2D eigenvalue weighted by atomic mass is 16.6. The third-order valence-corrected chi connectivity index (χ3v) is 3.50. The monoisotopic (exact) mass is 302 g/mol. The summed E-state index contributed by atoms with van der Waals surface area (Å²) in [5.74, 6) is 0. The van der Waals surface area contributed by atoms with E-state index in [4.69, 9.17) is 9.84 Å². The van der Waals surface area contributed by atoms with Crippen molar-refractivity contribution in [1.82, 2.24) is 0 Å². The quantitative estimate of drug-likeness (QED) is 0.444. The molecule has 0 saturated carbocycles. The normalized spacial score (nSPS) is 18.1. The minimum Gasteiger partial charge on any atom is -0.396 e. The first-order chi connectivity index (χ1) is 10.3. The largest absolute Gasteiger partial charge is 0.396 e. The molecule has 2 heterocycles. The van der Waals surface area contributed by atoms with Gasteiger partial charge in [0.1, 0.15) is 0 Å². The number of aliphatic hydroxyl groups excluding tert-OH is 1. The number of aliphatic hydroxyl groups is 1. The molecule has 2 fully saturated rings. The SMILES string of the molecule is C1CO1.CCCCCCCCCCC1CO1.CCCCO. The molecule has 1 unspecified atom stereocenters. The first-order valence-corrected chi connectivity index (χ1v) is 9.15. The Bertz CT molecular complexity index is 175. The Morgan fingerprint density at radius 3 is 1.62 bits per heavy atom. The van der Waals surface area contributed by atoms with Gasteiger partial charge in [0, 0.05) is 6.61 Å². The van der Waals surface area contributed by atoms with E-state index in [1.165, 1.54) is 57.8 Å². The number of hydrogen-bond acceptors (Lipinski definition) is 3. The standard InChI is InChI=1S/C12H24O.C4H10O.C2H4O/c1-2-3-4-5-6-7-8-9-10-12-11-13-12;1-2-3-4-5;1-2-3-1/h12H,2-11H2,1H3;5H,2-4H2,1H3;1-2H2. The first kappa shape index (κ1) is 20.9. The van der Waals surface area contributed by atoms with E-state index in [0.717, 1.165) is 32.7 Å². The fourth-order valence-electron chi connectivity index (χ4n) is 1.90. The van der Waals surface area contributed by atoms with E-state index in [1.54, 1.807) is 0 Å². The fraction of sp³-hybridized carbons (Fsp3) is 1.00. The van der Waals surface area contributed by atoms with Crippen LogP contribution >= 0.6 is 0 Å². The molecule has 2 rings (SSSR count). The summed E-state index contributed by atoms with van der Waals surface area (Å²) in [6.45, 7) is 7.71. The van der Waals surface area contributed by atoms with Crippen LogP contribution in [0.15, 0.2) is 0 Å². The fourth-order valence-corrected chi connectivity index (χ4v) is 1.90. The lowest BCUT2D eigenvalue weighted by Crippen LogP contribution is -1.85. The lowest BCUT2D eigenvalue weighted by Gasteiger charge is -1.99. The van der Waals surface area contributed by atoms with Crippen LogP contribution in [0.5, 0.6) is 0 Å². The molecule has 0 aromatic heterocycles. The van der Waals surface area contributed by atoms with Crippen LogP contribution < -0.4 is 0 Å². The number of hydrogen-bond donors (Lipinski definition) is 1. The van der Waals surface area contributed by atoms with Gasteiger partial charge in [0.25, 0.3) is 0 Å². The number of rotatable bonds is 11. The van der Waals surface area contributed by atoms with Crippen molar-refractivity contribution in [3.8, 4) is 0 Å². The highest BCUT2D eigenvalue weighted by molar-refractivity contribution is 4.68.